The molecule has 7 N–H and O–H groups in total. The number of allylic oxidation sites excluding steroid dienone is 9. The quantitative estimate of drug-likeness (QED) is 0.0402. The Bertz CT molecular complexity index is 1140. The van der Waals surface area contributed by atoms with E-state index >= 15 is 0 Å². The van der Waals surface area contributed by atoms with Gasteiger partial charge in [0.15, 0.2) is 0 Å². The Morgan fingerprint density at radius 1 is 1.02 bits per heavy atom. The minimum Gasteiger partial charge on any atom is -0.478 e. The first-order chi connectivity index (χ1) is 20.7. The molecule has 0 aromatic heterocycles. The molecule has 0 heterocycles. The summed E-state index contributed by atoms with van der Waals surface area (Å²) in [5, 5.41) is 69.6. The summed E-state index contributed by atoms with van der Waals surface area (Å²) in [4.78, 5) is 23.1. The molecule has 0 bridgehead atoms. The van der Waals surface area contributed by atoms with E-state index in [4.69, 9.17) is 33.0 Å². The molecule has 0 aliphatic heterocycles. The number of aliphatic carboxylic acids is 1. The topological polar surface area (TPSA) is 185 Å². The van der Waals surface area contributed by atoms with Gasteiger partial charge in [0.25, 0.3) is 0 Å². The molecule has 0 saturated carbocycles. The Labute approximate surface area is 268 Å². The summed E-state index contributed by atoms with van der Waals surface area (Å²) in [6.07, 6.45) is 8.33. The maximum absolute atomic E-state index is 12.0. The number of esters is 1. The fourth-order valence-electron chi connectivity index (χ4n) is 4.05. The number of carbonyl (C=O) groups excluding carboxylic acids is 1. The number of rotatable bonds is 17. The minimum atomic E-state index is -1.64. The van der Waals surface area contributed by atoms with E-state index in [9.17, 15) is 40.2 Å². The molecule has 0 saturated heterocycles. The molecule has 12 heteroatoms. The van der Waals surface area contributed by atoms with Crippen LogP contribution < -0.4 is 0 Å². The van der Waals surface area contributed by atoms with Gasteiger partial charge >= 0.3 is 11.9 Å². The SMILES string of the molecule is CC/C=C/C(O)C(Cl)C(O)CC(O)C(O)C(O)C(C)/C(Cl)=C/C=C/C=C(C)/C=C/C=C/C(=O)OC1CC(C(=O)O)=CCC1O. The summed E-state index contributed by atoms with van der Waals surface area (Å²) in [6, 6.07) is 0. The number of aliphatic hydroxyl groups is 6. The Balaban J connectivity index is 2.60. The molecular weight excluding hydrogens is 615 g/mol. The van der Waals surface area contributed by atoms with E-state index in [1.54, 1.807) is 50.3 Å². The highest BCUT2D eigenvalue weighted by molar-refractivity contribution is 6.30. The van der Waals surface area contributed by atoms with Crippen LogP contribution in [0.1, 0.15) is 46.5 Å². The van der Waals surface area contributed by atoms with Crippen LogP contribution in [0.25, 0.3) is 0 Å². The van der Waals surface area contributed by atoms with Gasteiger partial charge in [-0.25, -0.2) is 9.59 Å². The number of carboxylic acids is 1. The number of halogens is 2. The highest BCUT2D eigenvalue weighted by Crippen LogP contribution is 2.25. The van der Waals surface area contributed by atoms with Crippen LogP contribution in [-0.2, 0) is 14.3 Å². The van der Waals surface area contributed by atoms with Crippen LogP contribution in [0.3, 0.4) is 0 Å². The number of alkyl halides is 1. The number of hydrogen-bond donors (Lipinski definition) is 7. The number of carboxylic acid groups (broad SMARTS) is 1. The molecule has 0 aromatic rings. The summed E-state index contributed by atoms with van der Waals surface area (Å²) in [5.74, 6) is -2.58. The Hall–Kier alpha value is -2.54. The average Bonchev–Trinajstić information content (AvgIpc) is 2.99. The second-order valence-corrected chi connectivity index (χ2v) is 11.4. The van der Waals surface area contributed by atoms with Crippen molar-refractivity contribution < 1.29 is 50.1 Å². The molecule has 0 spiro atoms. The molecule has 0 amide bonds. The zero-order valence-electron chi connectivity index (χ0n) is 25.0. The fourth-order valence-corrected chi connectivity index (χ4v) is 4.44. The van der Waals surface area contributed by atoms with E-state index in [1.165, 1.54) is 24.3 Å². The first kappa shape index (κ1) is 39.5. The van der Waals surface area contributed by atoms with E-state index < -0.39 is 66.0 Å². The highest BCUT2D eigenvalue weighted by Gasteiger charge is 2.34. The van der Waals surface area contributed by atoms with E-state index in [0.717, 1.165) is 11.6 Å². The van der Waals surface area contributed by atoms with Gasteiger partial charge in [0.2, 0.25) is 0 Å². The maximum Gasteiger partial charge on any atom is 0.331 e. The molecular formula is C32H44Cl2O10. The Kier molecular flexibility index (Phi) is 18.4. The van der Waals surface area contributed by atoms with Crippen LogP contribution in [0, 0.1) is 5.92 Å². The fraction of sp³-hybridized carbons (Fsp3) is 0.500. The molecule has 10 nitrogen and oxygen atoms in total. The van der Waals surface area contributed by atoms with Gasteiger partial charge in [-0.15, -0.1) is 11.6 Å². The van der Waals surface area contributed by atoms with Crippen molar-refractivity contribution >= 4 is 35.1 Å². The third-order valence-corrected chi connectivity index (χ3v) is 7.88. The van der Waals surface area contributed by atoms with Crippen molar-refractivity contribution in [2.45, 2.75) is 94.6 Å². The van der Waals surface area contributed by atoms with E-state index in [0.29, 0.717) is 6.42 Å². The van der Waals surface area contributed by atoms with Crippen molar-refractivity contribution in [2.75, 3.05) is 0 Å². The first-order valence-electron chi connectivity index (χ1n) is 14.3. The molecule has 1 rings (SSSR count). The standard InChI is InChI=1S/C32H44Cl2O10/c1-4-5-13-24(36)29(34)25(37)18-26(38)31(41)30(40)20(3)22(33)12-8-6-10-19(2)11-7-9-14-28(39)44-27-17-21(32(42)43)15-16-23(27)35/h5-15,20,23-27,29-31,35-38,40-41H,4,16-18H2,1-3H3,(H,42,43)/b8-6+,11-7+,13-5+,14-9+,19-10+,22-12-. The largest absolute Gasteiger partial charge is 0.478 e. The molecule has 1 aliphatic carbocycles. The lowest BCUT2D eigenvalue weighted by Gasteiger charge is -2.29. The van der Waals surface area contributed by atoms with Crippen molar-refractivity contribution in [2.24, 2.45) is 5.92 Å². The Morgan fingerprint density at radius 3 is 2.30 bits per heavy atom. The number of carbonyl (C=O) groups is 2. The van der Waals surface area contributed by atoms with Gasteiger partial charge < -0.3 is 40.5 Å². The molecule has 0 fully saturated rings. The van der Waals surface area contributed by atoms with Crippen LogP contribution in [0.15, 0.2) is 83.0 Å². The van der Waals surface area contributed by atoms with E-state index in [2.05, 4.69) is 0 Å². The molecule has 44 heavy (non-hydrogen) atoms. The van der Waals surface area contributed by atoms with Gasteiger partial charge in [0.05, 0.1) is 35.9 Å². The minimum absolute atomic E-state index is 0.0683. The molecule has 0 radical (unpaired) electrons. The van der Waals surface area contributed by atoms with Crippen LogP contribution in [0.5, 0.6) is 0 Å². The van der Waals surface area contributed by atoms with Crippen molar-refractivity contribution in [1.82, 2.24) is 0 Å². The molecule has 246 valence electrons. The van der Waals surface area contributed by atoms with E-state index in [-0.39, 0.29) is 29.9 Å². The van der Waals surface area contributed by atoms with Crippen LogP contribution >= 0.6 is 23.2 Å². The monoisotopic (exact) mass is 658 g/mol. The predicted molar refractivity (Wildman–Crippen MR) is 169 cm³/mol. The molecule has 9 atom stereocenters. The molecule has 0 aromatic carbocycles. The van der Waals surface area contributed by atoms with E-state index in [1.807, 2.05) is 6.92 Å². The number of aliphatic hydroxyl groups excluding tert-OH is 6. The lowest BCUT2D eigenvalue weighted by molar-refractivity contribution is -0.150. The molecule has 1 aliphatic rings. The van der Waals surface area contributed by atoms with Crippen LogP contribution in [0.4, 0.5) is 0 Å². The maximum atomic E-state index is 12.0. The summed E-state index contributed by atoms with van der Waals surface area (Å²) in [5.41, 5.74) is 0.898. The Morgan fingerprint density at radius 2 is 1.66 bits per heavy atom. The zero-order chi connectivity index (χ0) is 33.4. The lowest BCUT2D eigenvalue weighted by atomic mass is 9.92. The predicted octanol–water partition coefficient (Wildman–Crippen LogP) is 3.21. The average molecular weight is 660 g/mol. The summed E-state index contributed by atoms with van der Waals surface area (Å²) in [6.45, 7) is 5.23. The van der Waals surface area contributed by atoms with Gasteiger partial charge in [0, 0.05) is 35.4 Å². The summed E-state index contributed by atoms with van der Waals surface area (Å²) in [7, 11) is 0. The lowest BCUT2D eigenvalue weighted by Crippen LogP contribution is -2.44. The summed E-state index contributed by atoms with van der Waals surface area (Å²) >= 11 is 12.3. The second-order valence-electron chi connectivity index (χ2n) is 10.5. The third-order valence-electron chi connectivity index (χ3n) is 6.86. The van der Waals surface area contributed by atoms with Crippen molar-refractivity contribution in [3.8, 4) is 0 Å². The smallest absolute Gasteiger partial charge is 0.331 e. The number of hydrogen-bond acceptors (Lipinski definition) is 9. The second kappa shape index (κ2) is 20.5. The van der Waals surface area contributed by atoms with Crippen molar-refractivity contribution in [3.63, 3.8) is 0 Å². The normalized spacial score (nSPS) is 23.5. The first-order valence-corrected chi connectivity index (χ1v) is 15.1. The molecule has 9 unspecified atom stereocenters. The third kappa shape index (κ3) is 14.0. The number of ether oxygens (including phenoxy) is 1. The van der Waals surface area contributed by atoms with Gasteiger partial charge in [-0.3, -0.25) is 0 Å². The van der Waals surface area contributed by atoms with Gasteiger partial charge in [0.1, 0.15) is 12.2 Å². The zero-order valence-corrected chi connectivity index (χ0v) is 26.5. The van der Waals surface area contributed by atoms with Crippen LogP contribution in [-0.4, -0.2) is 95.8 Å². The van der Waals surface area contributed by atoms with Crippen LogP contribution in [0.2, 0.25) is 0 Å². The summed E-state index contributed by atoms with van der Waals surface area (Å²) < 4.78 is 5.17. The van der Waals surface area contributed by atoms with Crippen molar-refractivity contribution in [3.05, 3.63) is 83.0 Å². The van der Waals surface area contributed by atoms with Gasteiger partial charge in [-0.05, 0) is 25.8 Å². The van der Waals surface area contributed by atoms with Crippen molar-refractivity contribution in [1.29, 1.82) is 0 Å². The highest BCUT2D eigenvalue weighted by atomic mass is 35.5. The van der Waals surface area contributed by atoms with Gasteiger partial charge in [-0.2, -0.15) is 0 Å². The van der Waals surface area contributed by atoms with Gasteiger partial charge in [-0.1, -0.05) is 85.7 Å².